The lowest BCUT2D eigenvalue weighted by atomic mass is 10.1. The van der Waals surface area contributed by atoms with Gasteiger partial charge in [0.25, 0.3) is 0 Å². The third-order valence-corrected chi connectivity index (χ3v) is 3.80. The number of ketones is 1. The Bertz CT molecular complexity index is 942. The lowest BCUT2D eigenvalue weighted by molar-refractivity contribution is -0.402. The summed E-state index contributed by atoms with van der Waals surface area (Å²) >= 11 is 0. The minimum atomic E-state index is -1.05. The molecule has 0 bridgehead atoms. The molecule has 0 saturated carbocycles. The highest BCUT2D eigenvalue weighted by atomic mass is 16.6. The fourth-order valence-electron chi connectivity index (χ4n) is 2.19. The third-order valence-electron chi connectivity index (χ3n) is 3.80. The zero-order valence-electron chi connectivity index (χ0n) is 16.1. The fraction of sp³-hybridized carbons (Fsp3) is 0.250. The van der Waals surface area contributed by atoms with Gasteiger partial charge in [-0.1, -0.05) is 13.8 Å². The maximum Gasteiger partial charge on any atom is 0.433 e. The van der Waals surface area contributed by atoms with Gasteiger partial charge in [0.2, 0.25) is 11.7 Å². The van der Waals surface area contributed by atoms with E-state index in [0.29, 0.717) is 11.3 Å². The molecule has 1 aromatic heterocycles. The number of Topliss-reactive ketones (excluding diaryl/α,β-unsaturated/α-hetero) is 1. The number of carbonyl (C=O) groups excluding carboxylic acids is 3. The van der Waals surface area contributed by atoms with Crippen molar-refractivity contribution in [3.63, 3.8) is 0 Å². The number of anilines is 1. The first-order valence-electron chi connectivity index (χ1n) is 8.75. The Morgan fingerprint density at radius 2 is 1.76 bits per heavy atom. The van der Waals surface area contributed by atoms with Crippen LogP contribution in [0.4, 0.5) is 11.6 Å². The van der Waals surface area contributed by atoms with Gasteiger partial charge in [0, 0.05) is 23.2 Å². The van der Waals surface area contributed by atoms with Crippen LogP contribution in [-0.2, 0) is 14.3 Å². The predicted molar refractivity (Wildman–Crippen MR) is 104 cm³/mol. The van der Waals surface area contributed by atoms with E-state index in [1.807, 2.05) is 0 Å². The number of rotatable bonds is 8. The van der Waals surface area contributed by atoms with E-state index in [-0.39, 0.29) is 17.6 Å². The molecule has 1 N–H and O–H groups in total. The van der Waals surface area contributed by atoms with E-state index in [0.717, 1.165) is 12.1 Å². The number of nitrogens with zero attached hydrogens (tertiary/aromatic N) is 1. The SMILES string of the molecule is CC(C)C(=O)Nc1ccc(C(=O)[C@@H](C)OC(=O)/C=C/c2ccc([N+](=O)[O-])o2)cc1. The van der Waals surface area contributed by atoms with E-state index in [9.17, 15) is 24.5 Å². The van der Waals surface area contributed by atoms with Crippen molar-refractivity contribution in [2.24, 2.45) is 5.92 Å². The van der Waals surface area contributed by atoms with Gasteiger partial charge in [-0.2, -0.15) is 0 Å². The molecule has 9 nitrogen and oxygen atoms in total. The number of nitrogens with one attached hydrogen (secondary N) is 1. The van der Waals surface area contributed by atoms with Crippen LogP contribution in [0.15, 0.2) is 46.9 Å². The molecule has 0 radical (unpaired) electrons. The van der Waals surface area contributed by atoms with Gasteiger partial charge in [-0.3, -0.25) is 19.7 Å². The van der Waals surface area contributed by atoms with E-state index in [4.69, 9.17) is 9.15 Å². The number of furan rings is 1. The highest BCUT2D eigenvalue weighted by Crippen LogP contribution is 2.17. The Kier molecular flexibility index (Phi) is 7.02. The number of esters is 1. The average molecular weight is 400 g/mol. The molecule has 9 heteroatoms. The highest BCUT2D eigenvalue weighted by Gasteiger charge is 2.19. The van der Waals surface area contributed by atoms with Crippen molar-refractivity contribution in [2.75, 3.05) is 5.32 Å². The van der Waals surface area contributed by atoms with Crippen LogP contribution in [0.5, 0.6) is 0 Å². The van der Waals surface area contributed by atoms with E-state index < -0.39 is 28.7 Å². The van der Waals surface area contributed by atoms with Crippen LogP contribution in [0.1, 0.15) is 36.9 Å². The monoisotopic (exact) mass is 400 g/mol. The van der Waals surface area contributed by atoms with Gasteiger partial charge in [-0.15, -0.1) is 0 Å². The van der Waals surface area contributed by atoms with Gasteiger partial charge in [0.05, 0.1) is 6.07 Å². The molecule has 2 rings (SSSR count). The Labute approximate surface area is 166 Å². The Morgan fingerprint density at radius 1 is 1.10 bits per heavy atom. The molecule has 1 amide bonds. The lowest BCUT2D eigenvalue weighted by Crippen LogP contribution is -2.23. The summed E-state index contributed by atoms with van der Waals surface area (Å²) < 4.78 is 9.93. The van der Waals surface area contributed by atoms with Crippen LogP contribution in [-0.4, -0.2) is 28.7 Å². The topological polar surface area (TPSA) is 129 Å². The maximum atomic E-state index is 12.4. The molecule has 29 heavy (non-hydrogen) atoms. The third kappa shape index (κ3) is 6.13. The lowest BCUT2D eigenvalue weighted by Gasteiger charge is -2.12. The van der Waals surface area contributed by atoms with Gasteiger partial charge in [0.15, 0.2) is 6.10 Å². The normalized spacial score (nSPS) is 12.0. The van der Waals surface area contributed by atoms with Gasteiger partial charge < -0.3 is 14.5 Å². The second-order valence-electron chi connectivity index (χ2n) is 6.43. The molecular formula is C20H20N2O7. The van der Waals surface area contributed by atoms with E-state index in [2.05, 4.69) is 5.32 Å². The molecule has 0 aliphatic heterocycles. The number of amides is 1. The van der Waals surface area contributed by atoms with Crippen LogP contribution >= 0.6 is 0 Å². The summed E-state index contributed by atoms with van der Waals surface area (Å²) in [5, 5.41) is 13.3. The summed E-state index contributed by atoms with van der Waals surface area (Å²) in [6.07, 6.45) is 1.17. The van der Waals surface area contributed by atoms with Crippen LogP contribution in [0.3, 0.4) is 0 Å². The average Bonchev–Trinajstić information content (AvgIpc) is 3.15. The molecular weight excluding hydrogens is 380 g/mol. The van der Waals surface area contributed by atoms with Crippen LogP contribution in [0.25, 0.3) is 6.08 Å². The van der Waals surface area contributed by atoms with Gasteiger partial charge in [-0.05, 0) is 43.3 Å². The molecule has 1 heterocycles. The number of carbonyl (C=O) groups is 3. The Hall–Kier alpha value is -3.75. The summed E-state index contributed by atoms with van der Waals surface area (Å²) in [5.74, 6) is -1.87. The van der Waals surface area contributed by atoms with Crippen molar-refractivity contribution >= 4 is 35.3 Å². The Balaban J connectivity index is 1.93. The molecule has 0 unspecified atom stereocenters. The second-order valence-corrected chi connectivity index (χ2v) is 6.43. The van der Waals surface area contributed by atoms with E-state index >= 15 is 0 Å². The Morgan fingerprint density at radius 3 is 2.31 bits per heavy atom. The summed E-state index contributed by atoms with van der Waals surface area (Å²) in [5.41, 5.74) is 0.874. The maximum absolute atomic E-state index is 12.4. The van der Waals surface area contributed by atoms with Crippen molar-refractivity contribution in [3.8, 4) is 0 Å². The second kappa shape index (κ2) is 9.45. The predicted octanol–water partition coefficient (Wildman–Crippen LogP) is 3.61. The number of nitro groups is 1. The zero-order chi connectivity index (χ0) is 21.6. The molecule has 0 spiro atoms. The number of ether oxygens (including phenoxy) is 1. The number of hydrogen-bond donors (Lipinski definition) is 1. The highest BCUT2D eigenvalue weighted by molar-refractivity contribution is 6.01. The van der Waals surface area contributed by atoms with Crippen molar-refractivity contribution in [1.29, 1.82) is 0 Å². The first kappa shape index (κ1) is 21.5. The van der Waals surface area contributed by atoms with Crippen molar-refractivity contribution in [3.05, 3.63) is 63.9 Å². The molecule has 2 aromatic rings. The van der Waals surface area contributed by atoms with E-state index in [1.165, 1.54) is 31.2 Å². The largest absolute Gasteiger partial charge is 0.451 e. The zero-order valence-corrected chi connectivity index (χ0v) is 16.1. The first-order chi connectivity index (χ1) is 13.7. The van der Waals surface area contributed by atoms with Crippen LogP contribution in [0, 0.1) is 16.0 Å². The van der Waals surface area contributed by atoms with Crippen molar-refractivity contribution < 1.29 is 28.5 Å². The smallest absolute Gasteiger partial charge is 0.433 e. The van der Waals surface area contributed by atoms with Gasteiger partial charge in [-0.25, -0.2) is 4.79 Å². The summed E-state index contributed by atoms with van der Waals surface area (Å²) in [6.45, 7) is 4.97. The van der Waals surface area contributed by atoms with Crippen molar-refractivity contribution in [2.45, 2.75) is 26.9 Å². The molecule has 0 saturated heterocycles. The standard InChI is InChI=1S/C20H20N2O7/c1-12(2)20(25)21-15-6-4-14(5-7-15)19(24)13(3)28-18(23)11-9-16-8-10-17(29-16)22(26)27/h4-13H,1-3H3,(H,21,25)/b11-9+/t13-/m1/s1. The fourth-order valence-corrected chi connectivity index (χ4v) is 2.19. The van der Waals surface area contributed by atoms with Crippen LogP contribution in [0.2, 0.25) is 0 Å². The minimum Gasteiger partial charge on any atom is -0.451 e. The molecule has 1 aromatic carbocycles. The first-order valence-corrected chi connectivity index (χ1v) is 8.75. The van der Waals surface area contributed by atoms with Crippen molar-refractivity contribution in [1.82, 2.24) is 0 Å². The van der Waals surface area contributed by atoms with E-state index in [1.54, 1.807) is 26.0 Å². The molecule has 152 valence electrons. The van der Waals surface area contributed by atoms with Gasteiger partial charge in [0.1, 0.15) is 10.7 Å². The summed E-state index contributed by atoms with van der Waals surface area (Å²) in [4.78, 5) is 45.8. The minimum absolute atomic E-state index is 0.103. The summed E-state index contributed by atoms with van der Waals surface area (Å²) in [7, 11) is 0. The molecule has 0 aliphatic rings. The molecule has 0 fully saturated rings. The summed E-state index contributed by atoms with van der Waals surface area (Å²) in [6, 6.07) is 8.72. The molecule has 1 atom stereocenters. The van der Waals surface area contributed by atoms with Crippen LogP contribution < -0.4 is 5.32 Å². The molecule has 0 aliphatic carbocycles. The number of benzene rings is 1. The quantitative estimate of drug-likeness (QED) is 0.236. The van der Waals surface area contributed by atoms with Gasteiger partial charge >= 0.3 is 11.9 Å². The number of hydrogen-bond acceptors (Lipinski definition) is 7.